The summed E-state index contributed by atoms with van der Waals surface area (Å²) in [6.45, 7) is 4.67. The molecule has 0 saturated heterocycles. The third kappa shape index (κ3) is 6.13. The molecule has 30 heavy (non-hydrogen) atoms. The maximum atomic E-state index is 12.2. The number of carbonyl (C=O) groups excluding carboxylic acids is 2. The second-order valence-corrected chi connectivity index (χ2v) is 9.71. The number of esters is 1. The van der Waals surface area contributed by atoms with Crippen LogP contribution in [-0.2, 0) is 29.6 Å². The van der Waals surface area contributed by atoms with Crippen molar-refractivity contribution in [1.82, 2.24) is 4.72 Å². The third-order valence-corrected chi connectivity index (χ3v) is 5.99. The van der Waals surface area contributed by atoms with Crippen LogP contribution in [0.5, 0.6) is 0 Å². The van der Waals surface area contributed by atoms with Gasteiger partial charge in [0.2, 0.25) is 20.9 Å². The van der Waals surface area contributed by atoms with Gasteiger partial charge in [-0.2, -0.15) is 0 Å². The minimum absolute atomic E-state index is 0.0251. The SMILES string of the molecule is CC(C)NS(=O)(=O)c1ccc(NC(=O)C(C)OC(=O)c2ccc(S(N)(=O)=O)o2)cc1. The van der Waals surface area contributed by atoms with Crippen molar-refractivity contribution < 1.29 is 35.6 Å². The Morgan fingerprint density at radius 2 is 1.60 bits per heavy atom. The van der Waals surface area contributed by atoms with Crippen LogP contribution in [0.4, 0.5) is 5.69 Å². The predicted octanol–water partition coefficient (Wildman–Crippen LogP) is 0.798. The molecule has 1 heterocycles. The second kappa shape index (κ2) is 8.95. The lowest BCUT2D eigenvalue weighted by molar-refractivity contribution is -0.123. The highest BCUT2D eigenvalue weighted by atomic mass is 32.2. The smallest absolute Gasteiger partial charge is 0.375 e. The Morgan fingerprint density at radius 3 is 2.10 bits per heavy atom. The molecule has 164 valence electrons. The van der Waals surface area contributed by atoms with Crippen molar-refractivity contribution in [2.24, 2.45) is 5.14 Å². The van der Waals surface area contributed by atoms with E-state index in [0.29, 0.717) is 0 Å². The van der Waals surface area contributed by atoms with Crippen LogP contribution in [-0.4, -0.2) is 40.9 Å². The number of furan rings is 1. The number of hydrogen-bond donors (Lipinski definition) is 3. The van der Waals surface area contributed by atoms with Gasteiger partial charge in [0.25, 0.3) is 15.9 Å². The van der Waals surface area contributed by atoms with E-state index < -0.39 is 48.9 Å². The van der Waals surface area contributed by atoms with Crippen molar-refractivity contribution >= 4 is 37.6 Å². The first-order valence-corrected chi connectivity index (χ1v) is 11.6. The number of nitrogens with one attached hydrogen (secondary N) is 2. The van der Waals surface area contributed by atoms with E-state index in [9.17, 15) is 26.4 Å². The summed E-state index contributed by atoms with van der Waals surface area (Å²) in [4.78, 5) is 24.2. The molecular formula is C17H21N3O8S2. The van der Waals surface area contributed by atoms with E-state index in [1.54, 1.807) is 13.8 Å². The van der Waals surface area contributed by atoms with Gasteiger partial charge in [-0.1, -0.05) is 0 Å². The highest BCUT2D eigenvalue weighted by molar-refractivity contribution is 7.89. The van der Waals surface area contributed by atoms with Gasteiger partial charge in [-0.15, -0.1) is 0 Å². The minimum atomic E-state index is -4.12. The molecule has 1 amide bonds. The molecule has 0 fully saturated rings. The van der Waals surface area contributed by atoms with E-state index in [1.165, 1.54) is 31.2 Å². The van der Waals surface area contributed by atoms with Crippen LogP contribution in [0.25, 0.3) is 0 Å². The topological polar surface area (TPSA) is 175 Å². The molecule has 1 aromatic carbocycles. The molecule has 1 aromatic heterocycles. The first-order chi connectivity index (χ1) is 13.8. The number of hydrogen-bond acceptors (Lipinski definition) is 8. The fraction of sp³-hybridized carbons (Fsp3) is 0.294. The summed E-state index contributed by atoms with van der Waals surface area (Å²) in [6.07, 6.45) is -1.26. The number of anilines is 1. The Balaban J connectivity index is 2.00. The molecule has 0 aliphatic rings. The summed E-state index contributed by atoms with van der Waals surface area (Å²) in [6, 6.07) is 7.15. The first kappa shape index (κ1) is 23.5. The van der Waals surface area contributed by atoms with Crippen LogP contribution in [0.15, 0.2) is 50.8 Å². The van der Waals surface area contributed by atoms with Gasteiger partial charge in [0.05, 0.1) is 4.90 Å². The average molecular weight is 460 g/mol. The van der Waals surface area contributed by atoms with Crippen molar-refractivity contribution in [3.63, 3.8) is 0 Å². The summed E-state index contributed by atoms with van der Waals surface area (Å²) < 4.78 is 58.7. The van der Waals surface area contributed by atoms with Gasteiger partial charge >= 0.3 is 5.97 Å². The normalized spacial score (nSPS) is 13.1. The monoisotopic (exact) mass is 459 g/mol. The number of rotatable bonds is 8. The van der Waals surface area contributed by atoms with Crippen LogP contribution in [0, 0.1) is 0 Å². The molecule has 11 nitrogen and oxygen atoms in total. The number of amides is 1. The molecule has 0 spiro atoms. The Morgan fingerprint density at radius 1 is 1.00 bits per heavy atom. The van der Waals surface area contributed by atoms with E-state index >= 15 is 0 Å². The fourth-order valence-electron chi connectivity index (χ4n) is 2.19. The van der Waals surface area contributed by atoms with Crippen LogP contribution in [0.3, 0.4) is 0 Å². The van der Waals surface area contributed by atoms with Gasteiger partial charge in [0, 0.05) is 11.7 Å². The van der Waals surface area contributed by atoms with E-state index in [4.69, 9.17) is 14.3 Å². The number of ether oxygens (including phenoxy) is 1. The number of nitrogens with two attached hydrogens (primary N) is 1. The van der Waals surface area contributed by atoms with Crippen LogP contribution in [0.2, 0.25) is 0 Å². The number of carbonyl (C=O) groups is 2. The van der Waals surface area contributed by atoms with Gasteiger partial charge in [0.1, 0.15) is 0 Å². The Kier molecular flexibility index (Phi) is 7.02. The molecule has 0 radical (unpaired) electrons. The highest BCUT2D eigenvalue weighted by Crippen LogP contribution is 2.16. The zero-order chi connectivity index (χ0) is 22.7. The molecule has 0 aliphatic heterocycles. The van der Waals surface area contributed by atoms with Crippen LogP contribution >= 0.6 is 0 Å². The van der Waals surface area contributed by atoms with E-state index in [2.05, 4.69) is 10.0 Å². The summed E-state index contributed by atoms with van der Waals surface area (Å²) in [7, 11) is -7.79. The highest BCUT2D eigenvalue weighted by Gasteiger charge is 2.23. The van der Waals surface area contributed by atoms with E-state index in [1.807, 2.05) is 0 Å². The van der Waals surface area contributed by atoms with Crippen molar-refractivity contribution in [1.29, 1.82) is 0 Å². The largest absolute Gasteiger partial charge is 0.447 e. The maximum absolute atomic E-state index is 12.2. The fourth-order valence-corrected chi connectivity index (χ4v) is 3.91. The Labute approximate surface area is 173 Å². The number of primary sulfonamides is 1. The lowest BCUT2D eigenvalue weighted by Gasteiger charge is -2.13. The predicted molar refractivity (Wildman–Crippen MR) is 105 cm³/mol. The maximum Gasteiger partial charge on any atom is 0.375 e. The van der Waals surface area contributed by atoms with Gasteiger partial charge < -0.3 is 14.5 Å². The lowest BCUT2D eigenvalue weighted by Crippen LogP contribution is -2.30. The third-order valence-electron chi connectivity index (χ3n) is 3.54. The molecule has 2 aromatic rings. The van der Waals surface area contributed by atoms with Crippen molar-refractivity contribution in [2.75, 3.05) is 5.32 Å². The summed E-state index contributed by atoms with van der Waals surface area (Å²) in [5, 5.41) is 6.74. The average Bonchev–Trinajstić information content (AvgIpc) is 3.11. The molecule has 2 rings (SSSR count). The van der Waals surface area contributed by atoms with Gasteiger partial charge in [-0.3, -0.25) is 4.79 Å². The number of benzene rings is 1. The molecular weight excluding hydrogens is 438 g/mol. The Bertz CT molecular complexity index is 1140. The van der Waals surface area contributed by atoms with Gasteiger partial charge in [0.15, 0.2) is 6.10 Å². The van der Waals surface area contributed by atoms with Gasteiger partial charge in [-0.25, -0.2) is 31.5 Å². The van der Waals surface area contributed by atoms with E-state index in [0.717, 1.165) is 12.1 Å². The van der Waals surface area contributed by atoms with Crippen LogP contribution in [0.1, 0.15) is 31.3 Å². The van der Waals surface area contributed by atoms with Crippen molar-refractivity contribution in [3.05, 3.63) is 42.2 Å². The zero-order valence-corrected chi connectivity index (χ0v) is 17.9. The Hall–Kier alpha value is -2.74. The zero-order valence-electron chi connectivity index (χ0n) is 16.3. The molecule has 0 aliphatic carbocycles. The van der Waals surface area contributed by atoms with Crippen molar-refractivity contribution in [3.8, 4) is 0 Å². The first-order valence-electron chi connectivity index (χ1n) is 8.56. The van der Waals surface area contributed by atoms with E-state index in [-0.39, 0.29) is 16.6 Å². The minimum Gasteiger partial charge on any atom is -0.447 e. The summed E-state index contributed by atoms with van der Waals surface area (Å²) in [5.74, 6) is -2.20. The molecule has 13 heteroatoms. The summed E-state index contributed by atoms with van der Waals surface area (Å²) >= 11 is 0. The van der Waals surface area contributed by atoms with Gasteiger partial charge in [-0.05, 0) is 57.2 Å². The molecule has 0 bridgehead atoms. The quantitative estimate of drug-likeness (QED) is 0.486. The summed E-state index contributed by atoms with van der Waals surface area (Å²) in [5.41, 5.74) is 0.279. The van der Waals surface area contributed by atoms with Crippen LogP contribution < -0.4 is 15.2 Å². The molecule has 1 atom stereocenters. The number of sulfonamides is 2. The lowest BCUT2D eigenvalue weighted by atomic mass is 10.3. The molecule has 0 saturated carbocycles. The molecule has 1 unspecified atom stereocenters. The standard InChI is InChI=1S/C17H21N3O8S2/c1-10(2)20-30(25,26)13-6-4-12(5-7-13)19-16(21)11(3)27-17(22)14-8-9-15(28-14)29(18,23)24/h4-11,20H,1-3H3,(H,19,21)(H2,18,23,24). The van der Waals surface area contributed by atoms with Crippen molar-refractivity contribution in [2.45, 2.75) is 42.9 Å². The molecule has 4 N–H and O–H groups in total. The second-order valence-electron chi connectivity index (χ2n) is 6.50.